The molecule has 0 saturated heterocycles. The van der Waals surface area contributed by atoms with Crippen LogP contribution in [0.4, 0.5) is 11.4 Å². The lowest BCUT2D eigenvalue weighted by Crippen LogP contribution is -2.33. The third-order valence-electron chi connectivity index (χ3n) is 11.4. The second-order valence-corrected chi connectivity index (χ2v) is 19.4. The Hall–Kier alpha value is -3.41. The molecule has 4 aliphatic heterocycles. The molecular weight excluding hydrogens is 745 g/mol. The molecule has 6 rings (SSSR count). The van der Waals surface area contributed by atoms with Crippen LogP contribution in [0.1, 0.15) is 100 Å². The number of rotatable bonds is 15. The predicted octanol–water partition coefficient (Wildman–Crippen LogP) is 5.74. The fourth-order valence-corrected chi connectivity index (χ4v) is 11.3. The maximum atomic E-state index is 12.8. The molecule has 4 aliphatic rings. The van der Waals surface area contributed by atoms with Gasteiger partial charge in [-0.3, -0.25) is 18.5 Å². The Morgan fingerprint density at radius 3 is 2.09 bits per heavy atom. The standard InChI is InChI=1S/C37H46N2O11S3/c1-36(20-5-3-4-15-31(40)41)29(38-22-9-11-25-16-18-27(52(45,46)47)32(36)34(25)38)13-8-14-30-37(2,21-6-7-24-51(42,43)44)33-28(53(48,49)50)19-17-26-12-10-23-39(30)35(26)33/h8,13-14,16-19H,3-7,9-12,15,20-24H2,1-2H3,(H3-,40,41,42,43,44,45,46,47,48,49,50)/p+1. The van der Waals surface area contributed by atoms with Crippen LogP contribution in [0, 0.1) is 0 Å². The molecule has 13 nitrogen and oxygen atoms in total. The van der Waals surface area contributed by atoms with Gasteiger partial charge in [0, 0.05) is 53.4 Å². The Morgan fingerprint density at radius 2 is 1.43 bits per heavy atom. The first-order valence-corrected chi connectivity index (χ1v) is 22.5. The van der Waals surface area contributed by atoms with Crippen LogP contribution in [0.15, 0.2) is 58.0 Å². The van der Waals surface area contributed by atoms with E-state index in [2.05, 4.69) is 9.48 Å². The smallest absolute Gasteiger partial charge is 0.303 e. The predicted molar refractivity (Wildman–Crippen MR) is 199 cm³/mol. The van der Waals surface area contributed by atoms with Gasteiger partial charge in [0.15, 0.2) is 5.71 Å². The highest BCUT2D eigenvalue weighted by Crippen LogP contribution is 2.56. The first kappa shape index (κ1) is 39.3. The van der Waals surface area contributed by atoms with Gasteiger partial charge in [-0.05, 0) is 82.6 Å². The molecule has 2 aromatic carbocycles. The van der Waals surface area contributed by atoms with Gasteiger partial charge in [-0.2, -0.15) is 29.8 Å². The molecule has 0 fully saturated rings. The van der Waals surface area contributed by atoms with E-state index in [1.54, 1.807) is 12.1 Å². The second kappa shape index (κ2) is 14.3. The van der Waals surface area contributed by atoms with Crippen molar-refractivity contribution in [3.05, 3.63) is 70.4 Å². The number of hydrogen-bond donors (Lipinski definition) is 4. The van der Waals surface area contributed by atoms with Crippen molar-refractivity contribution >= 4 is 53.4 Å². The molecule has 53 heavy (non-hydrogen) atoms. The highest BCUT2D eigenvalue weighted by atomic mass is 32.2. The van der Waals surface area contributed by atoms with E-state index in [0.29, 0.717) is 74.8 Å². The molecule has 0 spiro atoms. The third-order valence-corrected chi connectivity index (χ3v) is 14.0. The molecule has 288 valence electrons. The minimum absolute atomic E-state index is 0.0262. The van der Waals surface area contributed by atoms with Crippen molar-refractivity contribution < 1.29 is 53.4 Å². The summed E-state index contributed by atoms with van der Waals surface area (Å²) in [6.07, 6.45) is 11.8. The van der Waals surface area contributed by atoms with Crippen molar-refractivity contribution in [3.63, 3.8) is 0 Å². The number of unbranched alkanes of at least 4 members (excludes halogenated alkanes) is 3. The quantitative estimate of drug-likeness (QED) is 0.0968. The Kier molecular flexibility index (Phi) is 10.6. The lowest BCUT2D eigenvalue weighted by molar-refractivity contribution is -0.443. The zero-order valence-corrected chi connectivity index (χ0v) is 32.4. The summed E-state index contributed by atoms with van der Waals surface area (Å²) in [6, 6.07) is 6.37. The average molecular weight is 792 g/mol. The molecular formula is C37H47N2O11S3+. The monoisotopic (exact) mass is 791 g/mol. The normalized spacial score (nSPS) is 23.3. The zero-order chi connectivity index (χ0) is 38.6. The van der Waals surface area contributed by atoms with Crippen LogP contribution in [0.5, 0.6) is 0 Å². The fourth-order valence-electron chi connectivity index (χ4n) is 9.14. The van der Waals surface area contributed by atoms with E-state index in [0.717, 1.165) is 47.5 Å². The van der Waals surface area contributed by atoms with Crippen molar-refractivity contribution in [1.29, 1.82) is 0 Å². The Balaban J connectivity index is 1.47. The number of carboxylic acid groups (broad SMARTS) is 1. The van der Waals surface area contributed by atoms with Crippen LogP contribution in [0.25, 0.3) is 0 Å². The molecule has 0 amide bonds. The second-order valence-electron chi connectivity index (χ2n) is 15.0. The molecule has 2 atom stereocenters. The van der Waals surface area contributed by atoms with Crippen molar-refractivity contribution in [2.75, 3.05) is 23.7 Å². The summed E-state index contributed by atoms with van der Waals surface area (Å²) in [5, 5.41) is 9.16. The third kappa shape index (κ3) is 7.50. The van der Waals surface area contributed by atoms with Gasteiger partial charge < -0.3 is 10.0 Å². The molecule has 0 aromatic heterocycles. The van der Waals surface area contributed by atoms with E-state index >= 15 is 0 Å². The van der Waals surface area contributed by atoms with Crippen LogP contribution >= 0.6 is 0 Å². The molecule has 0 aliphatic carbocycles. The van der Waals surface area contributed by atoms with E-state index in [1.807, 2.05) is 32.1 Å². The lowest BCUT2D eigenvalue weighted by atomic mass is 9.74. The minimum atomic E-state index is -4.64. The lowest BCUT2D eigenvalue weighted by Gasteiger charge is -2.32. The zero-order valence-electron chi connectivity index (χ0n) is 29.9. The molecule has 4 heterocycles. The number of carboxylic acids is 1. The molecule has 0 radical (unpaired) electrons. The largest absolute Gasteiger partial charge is 0.481 e. The van der Waals surface area contributed by atoms with E-state index < -0.39 is 52.9 Å². The summed E-state index contributed by atoms with van der Waals surface area (Å²) < 4.78 is 107. The van der Waals surface area contributed by atoms with Crippen molar-refractivity contribution in [2.24, 2.45) is 0 Å². The Labute approximate surface area is 311 Å². The van der Waals surface area contributed by atoms with Crippen molar-refractivity contribution in [3.8, 4) is 0 Å². The van der Waals surface area contributed by atoms with Gasteiger partial charge in [0.05, 0.1) is 16.7 Å². The van der Waals surface area contributed by atoms with Crippen LogP contribution in [0.3, 0.4) is 0 Å². The highest BCUT2D eigenvalue weighted by molar-refractivity contribution is 7.86. The van der Waals surface area contributed by atoms with E-state index in [-0.39, 0.29) is 22.6 Å². The number of hydrogen-bond acceptors (Lipinski definition) is 8. The van der Waals surface area contributed by atoms with Gasteiger partial charge >= 0.3 is 5.97 Å². The van der Waals surface area contributed by atoms with Gasteiger partial charge in [0.2, 0.25) is 5.69 Å². The SMILES string of the molecule is CC1(CCCCCC(=O)O)C(/C=C/C=C2\N3CCCc4ccc(S(=O)(=O)O)c(c43)C2(C)CCCCS(=O)(=O)O)=[N+]2CCCc3ccc(S(=O)(=O)O)c1c32. The van der Waals surface area contributed by atoms with E-state index in [9.17, 15) is 43.7 Å². The molecule has 2 aromatic rings. The van der Waals surface area contributed by atoms with Crippen molar-refractivity contribution in [2.45, 2.75) is 112 Å². The number of allylic oxidation sites excluding steroid dienone is 4. The van der Waals surface area contributed by atoms with Gasteiger partial charge in [-0.15, -0.1) is 0 Å². The summed E-state index contributed by atoms with van der Waals surface area (Å²) in [5.74, 6) is -1.33. The summed E-state index contributed by atoms with van der Waals surface area (Å²) >= 11 is 0. The molecule has 16 heteroatoms. The maximum absolute atomic E-state index is 12.8. The van der Waals surface area contributed by atoms with E-state index in [1.165, 1.54) is 12.1 Å². The number of aryl methyl sites for hydroxylation is 2. The average Bonchev–Trinajstić information content (AvgIpc) is 3.45. The van der Waals surface area contributed by atoms with Crippen molar-refractivity contribution in [1.82, 2.24) is 0 Å². The fraction of sp³-hybridized carbons (Fsp3) is 0.514. The van der Waals surface area contributed by atoms with Gasteiger partial charge in [-0.25, -0.2) is 0 Å². The highest BCUT2D eigenvalue weighted by Gasteiger charge is 2.53. The first-order valence-electron chi connectivity index (χ1n) is 18.0. The number of benzene rings is 2. The van der Waals surface area contributed by atoms with Crippen LogP contribution < -0.4 is 4.90 Å². The van der Waals surface area contributed by atoms with E-state index in [4.69, 9.17) is 5.11 Å². The number of nitrogens with zero attached hydrogens (tertiary/aromatic N) is 2. The summed E-state index contributed by atoms with van der Waals surface area (Å²) in [4.78, 5) is 12.9. The topological polar surface area (TPSA) is 207 Å². The Bertz CT molecular complexity index is 2280. The van der Waals surface area contributed by atoms with Crippen LogP contribution in [-0.2, 0) is 58.8 Å². The minimum Gasteiger partial charge on any atom is -0.481 e. The Morgan fingerprint density at radius 1 is 0.811 bits per heavy atom. The van der Waals surface area contributed by atoms with Crippen LogP contribution in [0.2, 0.25) is 0 Å². The molecule has 0 saturated carbocycles. The first-order chi connectivity index (χ1) is 24.8. The molecule has 2 unspecified atom stereocenters. The molecule has 0 bridgehead atoms. The molecule has 4 N–H and O–H groups in total. The van der Waals surface area contributed by atoms with Crippen LogP contribution in [-0.4, -0.2) is 79.1 Å². The summed E-state index contributed by atoms with van der Waals surface area (Å²) in [6.45, 7) is 5.04. The number of anilines is 1. The summed E-state index contributed by atoms with van der Waals surface area (Å²) in [7, 11) is -13.5. The maximum Gasteiger partial charge on any atom is 0.303 e. The van der Waals surface area contributed by atoms with Gasteiger partial charge in [0.25, 0.3) is 30.4 Å². The van der Waals surface area contributed by atoms with Gasteiger partial charge in [-0.1, -0.05) is 37.5 Å². The number of carbonyl (C=O) groups is 1. The number of aliphatic carboxylic acids is 1. The van der Waals surface area contributed by atoms with Gasteiger partial charge in [0.1, 0.15) is 16.3 Å². The summed E-state index contributed by atoms with van der Waals surface area (Å²) in [5.41, 5.74) is 4.11.